The quantitative estimate of drug-likeness (QED) is 0.755. The third-order valence-corrected chi connectivity index (χ3v) is 4.44. The Morgan fingerprint density at radius 2 is 1.74 bits per heavy atom. The van der Waals surface area contributed by atoms with E-state index in [0.29, 0.717) is 25.9 Å². The normalized spacial score (nSPS) is 19.9. The van der Waals surface area contributed by atoms with E-state index in [9.17, 15) is 14.4 Å². The van der Waals surface area contributed by atoms with Crippen LogP contribution in [0.3, 0.4) is 0 Å². The molecule has 1 aliphatic heterocycles. The minimum Gasteiger partial charge on any atom is -0.445 e. The minimum absolute atomic E-state index is 0.0789. The van der Waals surface area contributed by atoms with Gasteiger partial charge in [-0.15, -0.1) is 0 Å². The van der Waals surface area contributed by atoms with Crippen molar-refractivity contribution in [3.05, 3.63) is 35.9 Å². The Labute approximate surface area is 160 Å². The van der Waals surface area contributed by atoms with Crippen molar-refractivity contribution in [3.63, 3.8) is 0 Å². The van der Waals surface area contributed by atoms with E-state index < -0.39 is 12.1 Å². The van der Waals surface area contributed by atoms with Crippen molar-refractivity contribution >= 4 is 17.9 Å². The first-order valence-corrected chi connectivity index (χ1v) is 9.67. The van der Waals surface area contributed by atoms with Crippen LogP contribution in [-0.2, 0) is 20.9 Å². The molecule has 0 aliphatic carbocycles. The van der Waals surface area contributed by atoms with E-state index in [1.54, 1.807) is 0 Å². The van der Waals surface area contributed by atoms with Crippen molar-refractivity contribution in [1.82, 2.24) is 16.0 Å². The number of rotatable bonds is 3. The summed E-state index contributed by atoms with van der Waals surface area (Å²) in [5, 5.41) is 8.42. The van der Waals surface area contributed by atoms with Crippen molar-refractivity contribution in [3.8, 4) is 0 Å². The summed E-state index contributed by atoms with van der Waals surface area (Å²) in [5.41, 5.74) is 0.888. The summed E-state index contributed by atoms with van der Waals surface area (Å²) < 4.78 is 5.22. The van der Waals surface area contributed by atoms with E-state index in [-0.39, 0.29) is 18.4 Å². The fourth-order valence-electron chi connectivity index (χ4n) is 2.89. The maximum atomic E-state index is 12.4. The zero-order chi connectivity index (χ0) is 19.3. The Morgan fingerprint density at radius 1 is 1.00 bits per heavy atom. The molecule has 1 aromatic rings. The molecule has 1 aromatic carbocycles. The highest BCUT2D eigenvalue weighted by atomic mass is 16.5. The number of amides is 3. The summed E-state index contributed by atoms with van der Waals surface area (Å²) in [7, 11) is 0. The Morgan fingerprint density at radius 3 is 2.56 bits per heavy atom. The Balaban J connectivity index is 1.83. The van der Waals surface area contributed by atoms with Gasteiger partial charge in [-0.25, -0.2) is 4.79 Å². The predicted octanol–water partition coefficient (Wildman–Crippen LogP) is 2.26. The van der Waals surface area contributed by atoms with Crippen molar-refractivity contribution in [2.45, 2.75) is 57.6 Å². The van der Waals surface area contributed by atoms with E-state index in [0.717, 1.165) is 37.7 Å². The van der Waals surface area contributed by atoms with Crippen molar-refractivity contribution in [1.29, 1.82) is 0 Å². The summed E-state index contributed by atoms with van der Waals surface area (Å²) in [5.74, 6) is -0.108. The second kappa shape index (κ2) is 11.9. The first kappa shape index (κ1) is 20.7. The zero-order valence-electron chi connectivity index (χ0n) is 15.7. The Hall–Kier alpha value is -2.57. The molecule has 7 nitrogen and oxygen atoms in total. The number of benzene rings is 1. The molecule has 2 rings (SSSR count). The summed E-state index contributed by atoms with van der Waals surface area (Å²) >= 11 is 0. The van der Waals surface area contributed by atoms with Gasteiger partial charge in [-0.2, -0.15) is 0 Å². The maximum absolute atomic E-state index is 12.4. The number of alkyl carbamates (subject to hydrolysis) is 1. The fraction of sp³-hybridized carbons (Fsp3) is 0.550. The molecule has 7 heteroatoms. The van der Waals surface area contributed by atoms with Crippen LogP contribution in [0.1, 0.15) is 50.5 Å². The molecule has 0 aromatic heterocycles. The Kier molecular flexibility index (Phi) is 9.17. The molecule has 0 saturated carbocycles. The number of ether oxygens (including phenoxy) is 1. The first-order chi connectivity index (χ1) is 13.1. The van der Waals surface area contributed by atoms with Gasteiger partial charge in [0.2, 0.25) is 11.8 Å². The second-order valence-electron chi connectivity index (χ2n) is 6.71. The third kappa shape index (κ3) is 8.57. The van der Waals surface area contributed by atoms with Gasteiger partial charge in [0.25, 0.3) is 0 Å². The lowest BCUT2D eigenvalue weighted by atomic mass is 10.1. The molecule has 0 bridgehead atoms. The smallest absolute Gasteiger partial charge is 0.408 e. The molecule has 1 atom stereocenters. The summed E-state index contributed by atoms with van der Waals surface area (Å²) in [6, 6.07) is 8.75. The molecule has 0 radical (unpaired) electrons. The van der Waals surface area contributed by atoms with Crippen LogP contribution >= 0.6 is 0 Å². The van der Waals surface area contributed by atoms with Crippen LogP contribution in [0.15, 0.2) is 30.3 Å². The van der Waals surface area contributed by atoms with Gasteiger partial charge in [0.05, 0.1) is 0 Å². The van der Waals surface area contributed by atoms with Gasteiger partial charge in [0, 0.05) is 19.5 Å². The van der Waals surface area contributed by atoms with Gasteiger partial charge in [-0.3, -0.25) is 9.59 Å². The SMILES string of the molecule is O=C1CCCCCNC(=O)[C@@H](NC(=O)OCc2ccccc2)CCCCN1. The monoisotopic (exact) mass is 375 g/mol. The summed E-state index contributed by atoms with van der Waals surface area (Å²) in [6.07, 6.45) is 4.42. The van der Waals surface area contributed by atoms with E-state index in [4.69, 9.17) is 4.74 Å². The highest BCUT2D eigenvalue weighted by molar-refractivity contribution is 5.85. The average Bonchev–Trinajstić information content (AvgIpc) is 2.68. The lowest BCUT2D eigenvalue weighted by Crippen LogP contribution is -2.47. The standard InChI is InChI=1S/C20H29N3O4/c24-18-12-5-2-7-14-22-19(25)17(11-6-8-13-21-18)23-20(26)27-15-16-9-3-1-4-10-16/h1,3-4,9-10,17H,2,5-8,11-15H2,(H,21,24)(H,22,25)(H,23,26)/t17-/m0/s1. The van der Waals surface area contributed by atoms with Crippen LogP contribution in [0.5, 0.6) is 0 Å². The van der Waals surface area contributed by atoms with Gasteiger partial charge in [0.1, 0.15) is 12.6 Å². The number of hydrogen-bond donors (Lipinski definition) is 3. The largest absolute Gasteiger partial charge is 0.445 e. The predicted molar refractivity (Wildman–Crippen MR) is 102 cm³/mol. The molecule has 1 aliphatic rings. The third-order valence-electron chi connectivity index (χ3n) is 4.44. The van der Waals surface area contributed by atoms with Crippen molar-refractivity contribution < 1.29 is 19.1 Å². The molecule has 0 unspecified atom stereocenters. The average molecular weight is 375 g/mol. The zero-order valence-corrected chi connectivity index (χ0v) is 15.7. The minimum atomic E-state index is -0.632. The maximum Gasteiger partial charge on any atom is 0.408 e. The number of carbonyl (C=O) groups excluding carboxylic acids is 3. The van der Waals surface area contributed by atoms with Crippen molar-refractivity contribution in [2.24, 2.45) is 0 Å². The van der Waals surface area contributed by atoms with Crippen molar-refractivity contribution in [2.75, 3.05) is 13.1 Å². The van der Waals surface area contributed by atoms with Gasteiger partial charge in [-0.1, -0.05) is 36.8 Å². The fourth-order valence-corrected chi connectivity index (χ4v) is 2.89. The van der Waals surface area contributed by atoms with Gasteiger partial charge in [-0.05, 0) is 37.7 Å². The molecule has 1 saturated heterocycles. The van der Waals surface area contributed by atoms with Gasteiger partial charge >= 0.3 is 6.09 Å². The van der Waals surface area contributed by atoms with Crippen LogP contribution in [0.4, 0.5) is 4.79 Å². The van der Waals surface area contributed by atoms with Crippen LogP contribution < -0.4 is 16.0 Å². The van der Waals surface area contributed by atoms with E-state index in [1.807, 2.05) is 30.3 Å². The summed E-state index contributed by atoms with van der Waals surface area (Å²) in [4.78, 5) is 36.1. The molecule has 27 heavy (non-hydrogen) atoms. The van der Waals surface area contributed by atoms with E-state index >= 15 is 0 Å². The number of hydrogen-bond acceptors (Lipinski definition) is 4. The van der Waals surface area contributed by atoms with Crippen LogP contribution in [-0.4, -0.2) is 37.0 Å². The van der Waals surface area contributed by atoms with Gasteiger partial charge in [0.15, 0.2) is 0 Å². The highest BCUT2D eigenvalue weighted by Crippen LogP contribution is 2.06. The van der Waals surface area contributed by atoms with E-state index in [1.165, 1.54) is 0 Å². The topological polar surface area (TPSA) is 96.5 Å². The molecule has 3 amide bonds. The molecule has 148 valence electrons. The molecule has 3 N–H and O–H groups in total. The highest BCUT2D eigenvalue weighted by Gasteiger charge is 2.21. The molecule has 0 spiro atoms. The number of carbonyl (C=O) groups is 3. The lowest BCUT2D eigenvalue weighted by Gasteiger charge is -2.19. The number of nitrogens with one attached hydrogen (secondary N) is 3. The van der Waals surface area contributed by atoms with Crippen LogP contribution in [0, 0.1) is 0 Å². The van der Waals surface area contributed by atoms with Crippen LogP contribution in [0.2, 0.25) is 0 Å². The Bertz CT molecular complexity index is 607. The molecule has 1 fully saturated rings. The second-order valence-corrected chi connectivity index (χ2v) is 6.71. The first-order valence-electron chi connectivity index (χ1n) is 9.67. The van der Waals surface area contributed by atoms with Crippen LogP contribution in [0.25, 0.3) is 0 Å². The van der Waals surface area contributed by atoms with Gasteiger partial charge < -0.3 is 20.7 Å². The lowest BCUT2D eigenvalue weighted by molar-refractivity contribution is -0.123. The molecular formula is C20H29N3O4. The van der Waals surface area contributed by atoms with E-state index in [2.05, 4.69) is 16.0 Å². The molecule has 1 heterocycles. The molecular weight excluding hydrogens is 346 g/mol. The summed E-state index contributed by atoms with van der Waals surface area (Å²) in [6.45, 7) is 1.29.